The number of rotatable bonds is 2. The van der Waals surface area contributed by atoms with Crippen LogP contribution < -0.4 is 5.32 Å². The molecule has 2 saturated heterocycles. The Morgan fingerprint density at radius 3 is 2.76 bits per heavy atom. The van der Waals surface area contributed by atoms with Crippen molar-refractivity contribution in [3.63, 3.8) is 0 Å². The predicted molar refractivity (Wildman–Crippen MR) is 64.7 cm³/mol. The first kappa shape index (κ1) is 11.2. The van der Waals surface area contributed by atoms with Crippen molar-refractivity contribution in [2.45, 2.75) is 31.0 Å². The highest BCUT2D eigenvalue weighted by atomic mass is 16.3. The molecule has 0 aromatic carbocycles. The number of hydrogen-bond acceptors (Lipinski definition) is 4. The Balaban J connectivity index is 1.66. The number of aromatic nitrogens is 2. The van der Waals surface area contributed by atoms with Gasteiger partial charge < -0.3 is 10.4 Å². The molecule has 0 radical (unpaired) electrons. The first-order valence-corrected chi connectivity index (χ1v) is 6.46. The number of nitrogens with one attached hydrogen (secondary N) is 1. The van der Waals surface area contributed by atoms with Crippen LogP contribution in [0, 0.1) is 0 Å². The van der Waals surface area contributed by atoms with E-state index in [1.165, 1.54) is 12.8 Å². The fraction of sp³-hybridized carbons (Fsp3) is 0.750. The van der Waals surface area contributed by atoms with Crippen LogP contribution in [0.2, 0.25) is 0 Å². The summed E-state index contributed by atoms with van der Waals surface area (Å²) in [6.07, 6.45) is 5.82. The molecule has 2 aliphatic heterocycles. The standard InChI is InChI=1S/C12H20N4O/c17-12-9-15(10-2-5-13-6-3-10)8-11(12)16-7-1-4-14-16/h1,4,7,10-13,17H,2-3,5-6,8-9H2/t11-,12+/m0/s1. The first-order valence-electron chi connectivity index (χ1n) is 6.46. The smallest absolute Gasteiger partial charge is 0.0917 e. The molecule has 0 saturated carbocycles. The second-order valence-corrected chi connectivity index (χ2v) is 5.06. The van der Waals surface area contributed by atoms with Gasteiger partial charge in [0.1, 0.15) is 0 Å². The average Bonchev–Trinajstić information content (AvgIpc) is 2.99. The molecule has 3 rings (SSSR count). The molecule has 3 heterocycles. The Morgan fingerprint density at radius 2 is 2.06 bits per heavy atom. The predicted octanol–water partition coefficient (Wildman–Crippen LogP) is -0.147. The number of hydrogen-bond donors (Lipinski definition) is 2. The van der Waals surface area contributed by atoms with Crippen LogP contribution in [-0.4, -0.2) is 58.1 Å². The number of nitrogens with zero attached hydrogens (tertiary/aromatic N) is 3. The molecule has 5 heteroatoms. The van der Waals surface area contributed by atoms with Crippen LogP contribution in [0.25, 0.3) is 0 Å². The van der Waals surface area contributed by atoms with E-state index < -0.39 is 0 Å². The van der Waals surface area contributed by atoms with Crippen LogP contribution in [0.3, 0.4) is 0 Å². The van der Waals surface area contributed by atoms with Crippen LogP contribution in [0.5, 0.6) is 0 Å². The lowest BCUT2D eigenvalue weighted by Gasteiger charge is -2.31. The van der Waals surface area contributed by atoms with E-state index in [1.807, 2.05) is 16.9 Å². The highest BCUT2D eigenvalue weighted by Gasteiger charge is 2.36. The highest BCUT2D eigenvalue weighted by Crippen LogP contribution is 2.25. The summed E-state index contributed by atoms with van der Waals surface area (Å²) >= 11 is 0. The lowest BCUT2D eigenvalue weighted by atomic mass is 10.1. The summed E-state index contributed by atoms with van der Waals surface area (Å²) in [5, 5.41) is 17.8. The van der Waals surface area contributed by atoms with Gasteiger partial charge in [-0.25, -0.2) is 0 Å². The van der Waals surface area contributed by atoms with Gasteiger partial charge in [-0.3, -0.25) is 9.58 Å². The van der Waals surface area contributed by atoms with Gasteiger partial charge in [0.15, 0.2) is 0 Å². The molecular formula is C12H20N4O. The van der Waals surface area contributed by atoms with Crippen LogP contribution in [-0.2, 0) is 0 Å². The van der Waals surface area contributed by atoms with E-state index >= 15 is 0 Å². The number of likely N-dealkylation sites (tertiary alicyclic amines) is 1. The Bertz CT molecular complexity index is 347. The molecule has 5 nitrogen and oxygen atoms in total. The molecule has 0 spiro atoms. The molecule has 0 aliphatic carbocycles. The monoisotopic (exact) mass is 236 g/mol. The summed E-state index contributed by atoms with van der Waals surface area (Å²) in [6, 6.07) is 2.67. The van der Waals surface area contributed by atoms with E-state index in [-0.39, 0.29) is 12.1 Å². The van der Waals surface area contributed by atoms with E-state index in [2.05, 4.69) is 15.3 Å². The zero-order valence-electron chi connectivity index (χ0n) is 10.00. The van der Waals surface area contributed by atoms with Crippen LogP contribution in [0.4, 0.5) is 0 Å². The number of piperidine rings is 1. The minimum atomic E-state index is -0.287. The van der Waals surface area contributed by atoms with Crippen molar-refractivity contribution in [3.8, 4) is 0 Å². The second-order valence-electron chi connectivity index (χ2n) is 5.06. The summed E-state index contributed by atoms with van der Waals surface area (Å²) in [4.78, 5) is 2.43. The van der Waals surface area contributed by atoms with Gasteiger partial charge in [0.2, 0.25) is 0 Å². The van der Waals surface area contributed by atoms with E-state index in [9.17, 15) is 5.11 Å². The average molecular weight is 236 g/mol. The minimum Gasteiger partial charge on any atom is -0.390 e. The third-order valence-electron chi connectivity index (χ3n) is 3.98. The van der Waals surface area contributed by atoms with Crippen molar-refractivity contribution in [1.29, 1.82) is 0 Å². The SMILES string of the molecule is O[C@@H]1CN(C2CCNCC2)C[C@@H]1n1cccn1. The van der Waals surface area contributed by atoms with Gasteiger partial charge in [0.25, 0.3) is 0 Å². The van der Waals surface area contributed by atoms with E-state index in [0.717, 1.165) is 26.2 Å². The van der Waals surface area contributed by atoms with Gasteiger partial charge in [-0.05, 0) is 32.0 Å². The van der Waals surface area contributed by atoms with Crippen molar-refractivity contribution in [1.82, 2.24) is 20.0 Å². The zero-order valence-corrected chi connectivity index (χ0v) is 10.00. The quantitative estimate of drug-likeness (QED) is 0.750. The van der Waals surface area contributed by atoms with E-state index in [4.69, 9.17) is 0 Å². The summed E-state index contributed by atoms with van der Waals surface area (Å²) in [5.74, 6) is 0. The van der Waals surface area contributed by atoms with E-state index in [1.54, 1.807) is 6.20 Å². The molecule has 0 bridgehead atoms. The number of aliphatic hydroxyl groups excluding tert-OH is 1. The van der Waals surface area contributed by atoms with Crippen molar-refractivity contribution >= 4 is 0 Å². The molecule has 1 aromatic rings. The Morgan fingerprint density at radius 1 is 1.24 bits per heavy atom. The molecule has 2 fully saturated rings. The van der Waals surface area contributed by atoms with Gasteiger partial charge >= 0.3 is 0 Å². The van der Waals surface area contributed by atoms with Crippen molar-refractivity contribution in [3.05, 3.63) is 18.5 Å². The molecule has 94 valence electrons. The molecule has 0 unspecified atom stereocenters. The Labute approximate surface area is 101 Å². The maximum atomic E-state index is 10.1. The zero-order chi connectivity index (χ0) is 11.7. The van der Waals surface area contributed by atoms with Gasteiger partial charge in [0, 0.05) is 31.5 Å². The van der Waals surface area contributed by atoms with Crippen LogP contribution >= 0.6 is 0 Å². The maximum Gasteiger partial charge on any atom is 0.0917 e. The van der Waals surface area contributed by atoms with Gasteiger partial charge in [-0.1, -0.05) is 0 Å². The molecular weight excluding hydrogens is 216 g/mol. The molecule has 2 aliphatic rings. The fourth-order valence-corrected chi connectivity index (χ4v) is 3.01. The number of aliphatic hydroxyl groups is 1. The van der Waals surface area contributed by atoms with Gasteiger partial charge in [0.05, 0.1) is 12.1 Å². The van der Waals surface area contributed by atoms with Gasteiger partial charge in [-0.2, -0.15) is 5.10 Å². The summed E-state index contributed by atoms with van der Waals surface area (Å²) < 4.78 is 1.89. The lowest BCUT2D eigenvalue weighted by Crippen LogP contribution is -2.42. The maximum absolute atomic E-state index is 10.1. The van der Waals surface area contributed by atoms with E-state index in [0.29, 0.717) is 6.04 Å². The molecule has 0 amide bonds. The third-order valence-corrected chi connectivity index (χ3v) is 3.98. The summed E-state index contributed by atoms with van der Waals surface area (Å²) in [5.41, 5.74) is 0. The highest BCUT2D eigenvalue weighted by molar-refractivity contribution is 4.94. The lowest BCUT2D eigenvalue weighted by molar-refractivity contribution is 0.129. The third kappa shape index (κ3) is 2.22. The topological polar surface area (TPSA) is 53.3 Å². The second kappa shape index (κ2) is 4.76. The number of β-amino-alcohol motifs (C(OH)–C–C–N with tert-alkyl or cyclic N) is 1. The summed E-state index contributed by atoms with van der Waals surface area (Å²) in [7, 11) is 0. The normalized spacial score (nSPS) is 32.1. The molecule has 17 heavy (non-hydrogen) atoms. The fourth-order valence-electron chi connectivity index (χ4n) is 3.01. The largest absolute Gasteiger partial charge is 0.390 e. The van der Waals surface area contributed by atoms with Crippen LogP contribution in [0.15, 0.2) is 18.5 Å². The molecule has 2 N–H and O–H groups in total. The Kier molecular flexibility index (Phi) is 3.13. The summed E-state index contributed by atoms with van der Waals surface area (Å²) in [6.45, 7) is 3.91. The van der Waals surface area contributed by atoms with Gasteiger partial charge in [-0.15, -0.1) is 0 Å². The minimum absolute atomic E-state index is 0.125. The van der Waals surface area contributed by atoms with Crippen molar-refractivity contribution in [2.75, 3.05) is 26.2 Å². The van der Waals surface area contributed by atoms with Crippen molar-refractivity contribution in [2.24, 2.45) is 0 Å². The van der Waals surface area contributed by atoms with Crippen molar-refractivity contribution < 1.29 is 5.11 Å². The Hall–Kier alpha value is -0.910. The first-order chi connectivity index (χ1) is 8.34. The molecule has 2 atom stereocenters. The molecule has 1 aromatic heterocycles. The van der Waals surface area contributed by atoms with Crippen LogP contribution in [0.1, 0.15) is 18.9 Å².